The van der Waals surface area contributed by atoms with E-state index in [9.17, 15) is 9.18 Å². The van der Waals surface area contributed by atoms with Gasteiger partial charge in [-0.3, -0.25) is 0 Å². The lowest BCUT2D eigenvalue weighted by molar-refractivity contribution is 0.0694. The third-order valence-corrected chi connectivity index (χ3v) is 2.74. The molecule has 0 saturated heterocycles. The van der Waals surface area contributed by atoms with Crippen molar-refractivity contribution in [2.24, 2.45) is 0 Å². The van der Waals surface area contributed by atoms with Crippen molar-refractivity contribution in [1.82, 2.24) is 0 Å². The Bertz CT molecular complexity index is 635. The molecule has 19 heavy (non-hydrogen) atoms. The zero-order chi connectivity index (χ0) is 14.0. The van der Waals surface area contributed by atoms with Gasteiger partial charge >= 0.3 is 5.97 Å². The molecule has 0 radical (unpaired) electrons. The fraction of sp³-hybridized carbons (Fsp3) is 0.133. The van der Waals surface area contributed by atoms with Gasteiger partial charge in [0.2, 0.25) is 0 Å². The van der Waals surface area contributed by atoms with Crippen LogP contribution in [-0.2, 0) is 0 Å². The van der Waals surface area contributed by atoms with Crippen molar-refractivity contribution >= 4 is 5.97 Å². The molecular formula is C15H13FO3. The molecule has 0 aliphatic rings. The van der Waals surface area contributed by atoms with Crippen LogP contribution in [0.4, 0.5) is 4.39 Å². The molecule has 0 aromatic heterocycles. The van der Waals surface area contributed by atoms with Gasteiger partial charge in [0.15, 0.2) is 0 Å². The first-order valence-electron chi connectivity index (χ1n) is 5.75. The van der Waals surface area contributed by atoms with E-state index >= 15 is 0 Å². The van der Waals surface area contributed by atoms with E-state index < -0.39 is 11.8 Å². The number of carboxylic acid groups (broad SMARTS) is 1. The molecule has 0 bridgehead atoms. The number of halogens is 1. The Hall–Kier alpha value is -2.36. The molecule has 2 rings (SSSR count). The Morgan fingerprint density at radius 3 is 2.53 bits per heavy atom. The molecule has 0 aliphatic heterocycles. The van der Waals surface area contributed by atoms with E-state index in [-0.39, 0.29) is 11.3 Å². The first-order chi connectivity index (χ1) is 8.97. The number of carbonyl (C=O) groups is 1. The molecule has 2 aromatic carbocycles. The average Bonchev–Trinajstić information content (AvgIpc) is 2.35. The van der Waals surface area contributed by atoms with Crippen LogP contribution in [0.2, 0.25) is 0 Å². The third-order valence-electron chi connectivity index (χ3n) is 2.74. The minimum Gasteiger partial charge on any atom is -0.478 e. The maximum Gasteiger partial charge on any atom is 0.339 e. The van der Waals surface area contributed by atoms with Gasteiger partial charge in [0.25, 0.3) is 0 Å². The van der Waals surface area contributed by atoms with Gasteiger partial charge in [0, 0.05) is 6.07 Å². The summed E-state index contributed by atoms with van der Waals surface area (Å²) >= 11 is 0. The maximum absolute atomic E-state index is 13.2. The summed E-state index contributed by atoms with van der Waals surface area (Å²) in [5.41, 5.74) is 1.61. The fourth-order valence-electron chi connectivity index (χ4n) is 1.70. The minimum absolute atomic E-state index is 0.0589. The molecule has 0 aliphatic carbocycles. The van der Waals surface area contributed by atoms with E-state index in [1.807, 2.05) is 0 Å². The van der Waals surface area contributed by atoms with Gasteiger partial charge in [0.05, 0.1) is 0 Å². The van der Waals surface area contributed by atoms with Gasteiger partial charge < -0.3 is 9.84 Å². The molecule has 98 valence electrons. The normalized spacial score (nSPS) is 10.3. The second-order valence-corrected chi connectivity index (χ2v) is 4.32. The highest BCUT2D eigenvalue weighted by molar-refractivity contribution is 5.91. The first-order valence-corrected chi connectivity index (χ1v) is 5.75. The topological polar surface area (TPSA) is 46.5 Å². The maximum atomic E-state index is 13.2. The fourth-order valence-corrected chi connectivity index (χ4v) is 1.70. The highest BCUT2D eigenvalue weighted by atomic mass is 19.1. The van der Waals surface area contributed by atoms with Crippen LogP contribution in [0.1, 0.15) is 21.5 Å². The molecule has 0 amide bonds. The summed E-state index contributed by atoms with van der Waals surface area (Å²) in [6, 6.07) is 8.99. The molecule has 1 N–H and O–H groups in total. The van der Waals surface area contributed by atoms with Crippen molar-refractivity contribution in [3.05, 3.63) is 58.9 Å². The Morgan fingerprint density at radius 1 is 1.11 bits per heavy atom. The van der Waals surface area contributed by atoms with Crippen LogP contribution < -0.4 is 4.74 Å². The third kappa shape index (κ3) is 2.91. The summed E-state index contributed by atoms with van der Waals surface area (Å²) in [5, 5.41) is 9.14. The minimum atomic E-state index is -1.08. The Balaban J connectivity index is 2.43. The zero-order valence-corrected chi connectivity index (χ0v) is 10.6. The van der Waals surface area contributed by atoms with Crippen LogP contribution in [0.3, 0.4) is 0 Å². The zero-order valence-electron chi connectivity index (χ0n) is 10.6. The Labute approximate surface area is 110 Å². The van der Waals surface area contributed by atoms with Crippen molar-refractivity contribution in [2.45, 2.75) is 13.8 Å². The molecular weight excluding hydrogens is 247 g/mol. The smallest absolute Gasteiger partial charge is 0.339 e. The van der Waals surface area contributed by atoms with Crippen molar-refractivity contribution in [3.63, 3.8) is 0 Å². The predicted octanol–water partition coefficient (Wildman–Crippen LogP) is 3.93. The van der Waals surface area contributed by atoms with Gasteiger partial charge in [-0.05, 0) is 37.6 Å². The number of aryl methyl sites for hydroxylation is 2. The highest BCUT2D eigenvalue weighted by Crippen LogP contribution is 2.29. The first kappa shape index (κ1) is 13.1. The second kappa shape index (κ2) is 5.10. The number of carboxylic acids is 1. The molecule has 0 atom stereocenters. The molecule has 2 aromatic rings. The Morgan fingerprint density at radius 2 is 1.84 bits per heavy atom. The van der Waals surface area contributed by atoms with Crippen molar-refractivity contribution in [3.8, 4) is 11.5 Å². The number of ether oxygens (including phenoxy) is 1. The van der Waals surface area contributed by atoms with E-state index in [0.29, 0.717) is 5.75 Å². The Kier molecular flexibility index (Phi) is 3.51. The summed E-state index contributed by atoms with van der Waals surface area (Å²) in [5.74, 6) is -0.990. The van der Waals surface area contributed by atoms with E-state index in [1.54, 1.807) is 32.0 Å². The van der Waals surface area contributed by atoms with E-state index in [2.05, 4.69) is 0 Å². The van der Waals surface area contributed by atoms with Gasteiger partial charge in [0.1, 0.15) is 22.9 Å². The average molecular weight is 260 g/mol. The van der Waals surface area contributed by atoms with Crippen LogP contribution in [-0.4, -0.2) is 11.1 Å². The number of hydrogen-bond donors (Lipinski definition) is 1. The van der Waals surface area contributed by atoms with Gasteiger partial charge in [-0.2, -0.15) is 0 Å². The van der Waals surface area contributed by atoms with E-state index in [1.165, 1.54) is 18.2 Å². The molecule has 0 unspecified atom stereocenters. The van der Waals surface area contributed by atoms with Crippen LogP contribution in [0.15, 0.2) is 36.4 Å². The number of rotatable bonds is 3. The molecule has 4 heteroatoms. The molecule has 0 spiro atoms. The molecule has 0 heterocycles. The molecule has 3 nitrogen and oxygen atoms in total. The van der Waals surface area contributed by atoms with Crippen LogP contribution in [0.5, 0.6) is 11.5 Å². The summed E-state index contributed by atoms with van der Waals surface area (Å²) in [4.78, 5) is 11.2. The second-order valence-electron chi connectivity index (χ2n) is 4.32. The van der Waals surface area contributed by atoms with Crippen LogP contribution in [0.25, 0.3) is 0 Å². The quantitative estimate of drug-likeness (QED) is 0.909. The predicted molar refractivity (Wildman–Crippen MR) is 69.3 cm³/mol. The lowest BCUT2D eigenvalue weighted by atomic mass is 10.1. The van der Waals surface area contributed by atoms with Crippen molar-refractivity contribution in [1.29, 1.82) is 0 Å². The van der Waals surface area contributed by atoms with Crippen molar-refractivity contribution < 1.29 is 19.0 Å². The number of aromatic carboxylic acids is 1. The number of benzene rings is 2. The van der Waals surface area contributed by atoms with Gasteiger partial charge in [-0.25, -0.2) is 9.18 Å². The molecule has 0 fully saturated rings. The van der Waals surface area contributed by atoms with Crippen molar-refractivity contribution in [2.75, 3.05) is 0 Å². The lowest BCUT2D eigenvalue weighted by Crippen LogP contribution is -2.01. The van der Waals surface area contributed by atoms with Crippen LogP contribution >= 0.6 is 0 Å². The standard InChI is InChI=1S/C15H13FO3/c1-9-3-6-13(12(7-9)15(17)18)19-14-8-11(16)5-4-10(14)2/h3-8H,1-2H3,(H,17,18). The molecule has 0 saturated carbocycles. The summed E-state index contributed by atoms with van der Waals surface area (Å²) in [6.07, 6.45) is 0. The largest absolute Gasteiger partial charge is 0.478 e. The summed E-state index contributed by atoms with van der Waals surface area (Å²) in [6.45, 7) is 3.56. The summed E-state index contributed by atoms with van der Waals surface area (Å²) < 4.78 is 18.7. The van der Waals surface area contributed by atoms with Crippen LogP contribution in [0, 0.1) is 19.7 Å². The number of hydrogen-bond acceptors (Lipinski definition) is 2. The van der Waals surface area contributed by atoms with E-state index in [0.717, 1.165) is 11.1 Å². The monoisotopic (exact) mass is 260 g/mol. The van der Waals surface area contributed by atoms with Gasteiger partial charge in [-0.15, -0.1) is 0 Å². The van der Waals surface area contributed by atoms with Gasteiger partial charge in [-0.1, -0.05) is 17.7 Å². The lowest BCUT2D eigenvalue weighted by Gasteiger charge is -2.11. The summed E-state index contributed by atoms with van der Waals surface area (Å²) in [7, 11) is 0. The van der Waals surface area contributed by atoms with E-state index in [4.69, 9.17) is 9.84 Å². The highest BCUT2D eigenvalue weighted by Gasteiger charge is 2.13. The SMILES string of the molecule is Cc1ccc(Oc2cc(F)ccc2C)c(C(=O)O)c1.